The monoisotopic (exact) mass is 305 g/mol. The number of aromatic nitrogens is 1. The fourth-order valence-electron chi connectivity index (χ4n) is 1.92. The summed E-state index contributed by atoms with van der Waals surface area (Å²) in [5, 5.41) is 9.99. The Morgan fingerprint density at radius 1 is 1.25 bits per heavy atom. The zero-order valence-corrected chi connectivity index (χ0v) is 12.7. The first-order valence-electron chi connectivity index (χ1n) is 6.07. The van der Waals surface area contributed by atoms with Crippen LogP contribution in [0.15, 0.2) is 36.4 Å². The van der Waals surface area contributed by atoms with Gasteiger partial charge in [-0.1, -0.05) is 35.3 Å². The molecule has 3 nitrogen and oxygen atoms in total. The molecule has 20 heavy (non-hydrogen) atoms. The van der Waals surface area contributed by atoms with Crippen molar-refractivity contribution < 1.29 is 0 Å². The molecular formula is C15H13Cl2N3. The molecule has 0 N–H and O–H groups in total. The van der Waals surface area contributed by atoms with Crippen LogP contribution in [0.5, 0.6) is 0 Å². The lowest BCUT2D eigenvalue weighted by Gasteiger charge is -2.26. The summed E-state index contributed by atoms with van der Waals surface area (Å²) in [6.07, 6.45) is 0. The Morgan fingerprint density at radius 3 is 2.65 bits per heavy atom. The van der Waals surface area contributed by atoms with Crippen molar-refractivity contribution in [2.45, 2.75) is 13.0 Å². The number of nitrogens with zero attached hydrogens (tertiary/aromatic N) is 3. The first-order valence-corrected chi connectivity index (χ1v) is 6.83. The van der Waals surface area contributed by atoms with E-state index in [1.54, 1.807) is 12.1 Å². The van der Waals surface area contributed by atoms with Gasteiger partial charge in [-0.15, -0.1) is 0 Å². The van der Waals surface area contributed by atoms with E-state index in [1.807, 2.05) is 43.1 Å². The maximum absolute atomic E-state index is 8.99. The van der Waals surface area contributed by atoms with Gasteiger partial charge < -0.3 is 4.90 Å². The van der Waals surface area contributed by atoms with E-state index in [1.165, 1.54) is 0 Å². The molecule has 102 valence electrons. The van der Waals surface area contributed by atoms with Gasteiger partial charge in [-0.25, -0.2) is 4.98 Å². The first-order chi connectivity index (χ1) is 9.51. The molecule has 1 aromatic carbocycles. The number of halogens is 2. The van der Waals surface area contributed by atoms with Crippen LogP contribution >= 0.6 is 23.2 Å². The van der Waals surface area contributed by atoms with Gasteiger partial charge in [-0.05, 0) is 36.8 Å². The van der Waals surface area contributed by atoms with Gasteiger partial charge in [0.25, 0.3) is 0 Å². The van der Waals surface area contributed by atoms with E-state index < -0.39 is 0 Å². The maximum Gasteiger partial charge on any atom is 0.132 e. The maximum atomic E-state index is 8.99. The summed E-state index contributed by atoms with van der Waals surface area (Å²) >= 11 is 12.0. The second-order valence-electron chi connectivity index (χ2n) is 4.49. The van der Waals surface area contributed by atoms with Gasteiger partial charge in [0, 0.05) is 12.1 Å². The molecule has 5 heteroatoms. The number of rotatable bonds is 3. The third kappa shape index (κ3) is 3.22. The lowest BCUT2D eigenvalue weighted by atomic mass is 10.1. The Balaban J connectivity index is 2.33. The first kappa shape index (κ1) is 14.6. The van der Waals surface area contributed by atoms with Crippen molar-refractivity contribution in [2.24, 2.45) is 0 Å². The van der Waals surface area contributed by atoms with E-state index in [2.05, 4.69) is 11.1 Å². The van der Waals surface area contributed by atoms with E-state index in [0.717, 1.165) is 5.56 Å². The summed E-state index contributed by atoms with van der Waals surface area (Å²) in [6.45, 7) is 2.04. The molecule has 0 saturated carbocycles. The van der Waals surface area contributed by atoms with Crippen molar-refractivity contribution in [3.63, 3.8) is 0 Å². The fourth-order valence-corrected chi connectivity index (χ4v) is 2.32. The Morgan fingerprint density at radius 2 is 2.00 bits per heavy atom. The molecule has 0 amide bonds. The molecule has 0 bridgehead atoms. The van der Waals surface area contributed by atoms with Gasteiger partial charge in [0.1, 0.15) is 11.0 Å². The summed E-state index contributed by atoms with van der Waals surface area (Å²) < 4.78 is 0. The van der Waals surface area contributed by atoms with E-state index >= 15 is 0 Å². The summed E-state index contributed by atoms with van der Waals surface area (Å²) in [6, 6.07) is 13.1. The smallest absolute Gasteiger partial charge is 0.132 e. The normalized spacial score (nSPS) is 11.8. The van der Waals surface area contributed by atoms with Gasteiger partial charge >= 0.3 is 0 Å². The Hall–Kier alpha value is -1.76. The SMILES string of the molecule is CC(c1cccc(Cl)c1)N(C)c1cc(C#N)cc(Cl)n1. The van der Waals surface area contributed by atoms with E-state index in [4.69, 9.17) is 28.5 Å². The minimum atomic E-state index is 0.0613. The van der Waals surface area contributed by atoms with Gasteiger partial charge in [0.05, 0.1) is 17.7 Å². The number of hydrogen-bond acceptors (Lipinski definition) is 3. The molecule has 2 rings (SSSR count). The average Bonchev–Trinajstić information content (AvgIpc) is 2.45. The van der Waals surface area contributed by atoms with Gasteiger partial charge in [0.2, 0.25) is 0 Å². The summed E-state index contributed by atoms with van der Waals surface area (Å²) in [5.74, 6) is 0.654. The largest absolute Gasteiger partial charge is 0.353 e. The molecule has 1 unspecified atom stereocenters. The number of nitriles is 1. The second kappa shape index (κ2) is 6.13. The average molecular weight is 306 g/mol. The predicted molar refractivity (Wildman–Crippen MR) is 82.2 cm³/mol. The molecule has 0 aliphatic heterocycles. The Bertz CT molecular complexity index is 664. The molecule has 2 aromatic rings. The zero-order chi connectivity index (χ0) is 14.7. The quantitative estimate of drug-likeness (QED) is 0.786. The minimum absolute atomic E-state index is 0.0613. The van der Waals surface area contributed by atoms with Crippen molar-refractivity contribution in [3.05, 3.63) is 57.7 Å². The molecule has 1 aromatic heterocycles. The highest BCUT2D eigenvalue weighted by atomic mass is 35.5. The molecule has 0 radical (unpaired) electrons. The zero-order valence-electron chi connectivity index (χ0n) is 11.1. The van der Waals surface area contributed by atoms with Gasteiger partial charge in [0.15, 0.2) is 0 Å². The topological polar surface area (TPSA) is 39.9 Å². The van der Waals surface area contributed by atoms with Crippen LogP contribution in [0.2, 0.25) is 10.2 Å². The molecule has 1 atom stereocenters. The highest BCUT2D eigenvalue weighted by Gasteiger charge is 2.15. The Labute approximate surface area is 128 Å². The lowest BCUT2D eigenvalue weighted by molar-refractivity contribution is 0.729. The molecule has 0 aliphatic carbocycles. The van der Waals surface area contributed by atoms with Crippen molar-refractivity contribution in [1.29, 1.82) is 5.26 Å². The molecular weight excluding hydrogens is 293 g/mol. The number of benzene rings is 1. The van der Waals surface area contributed by atoms with Crippen molar-refractivity contribution in [1.82, 2.24) is 4.98 Å². The summed E-state index contributed by atoms with van der Waals surface area (Å²) in [7, 11) is 1.91. The van der Waals surface area contributed by atoms with Crippen molar-refractivity contribution in [3.8, 4) is 6.07 Å². The van der Waals surface area contributed by atoms with Crippen LogP contribution in [0.25, 0.3) is 0 Å². The van der Waals surface area contributed by atoms with Crippen LogP contribution in [0.3, 0.4) is 0 Å². The number of anilines is 1. The standard InChI is InChI=1S/C15H13Cl2N3/c1-10(12-4-3-5-13(16)8-12)20(2)15-7-11(9-18)6-14(17)19-15/h3-8,10H,1-2H3. The molecule has 0 fully saturated rings. The lowest BCUT2D eigenvalue weighted by Crippen LogP contribution is -2.22. The minimum Gasteiger partial charge on any atom is -0.353 e. The third-order valence-electron chi connectivity index (χ3n) is 3.18. The van der Waals surface area contributed by atoms with Crippen molar-refractivity contribution >= 4 is 29.0 Å². The highest BCUT2D eigenvalue weighted by molar-refractivity contribution is 6.30. The molecule has 1 heterocycles. The molecule has 0 spiro atoms. The van der Waals surface area contributed by atoms with Crippen LogP contribution in [0, 0.1) is 11.3 Å². The van der Waals surface area contributed by atoms with Gasteiger partial charge in [-0.3, -0.25) is 0 Å². The van der Waals surface area contributed by atoms with Crippen LogP contribution in [0.4, 0.5) is 5.82 Å². The predicted octanol–water partition coefficient (Wildman–Crippen LogP) is 4.46. The van der Waals surface area contributed by atoms with Crippen molar-refractivity contribution in [2.75, 3.05) is 11.9 Å². The Kier molecular flexibility index (Phi) is 4.49. The number of pyridine rings is 1. The summed E-state index contributed by atoms with van der Waals surface area (Å²) in [5.41, 5.74) is 1.56. The van der Waals surface area contributed by atoms with Crippen LogP contribution in [-0.4, -0.2) is 12.0 Å². The third-order valence-corrected chi connectivity index (χ3v) is 3.61. The molecule has 0 aliphatic rings. The highest BCUT2D eigenvalue weighted by Crippen LogP contribution is 2.27. The van der Waals surface area contributed by atoms with E-state index in [-0.39, 0.29) is 6.04 Å². The number of hydrogen-bond donors (Lipinski definition) is 0. The van der Waals surface area contributed by atoms with Crippen LogP contribution < -0.4 is 4.90 Å². The van der Waals surface area contributed by atoms with E-state index in [9.17, 15) is 0 Å². The van der Waals surface area contributed by atoms with Crippen LogP contribution in [-0.2, 0) is 0 Å². The molecule has 0 saturated heterocycles. The second-order valence-corrected chi connectivity index (χ2v) is 5.31. The fraction of sp³-hybridized carbons (Fsp3) is 0.200. The van der Waals surface area contributed by atoms with Gasteiger partial charge in [-0.2, -0.15) is 5.26 Å². The van der Waals surface area contributed by atoms with E-state index in [0.29, 0.717) is 21.6 Å². The van der Waals surface area contributed by atoms with Crippen LogP contribution in [0.1, 0.15) is 24.1 Å². The summed E-state index contributed by atoms with van der Waals surface area (Å²) in [4.78, 5) is 6.21.